The summed E-state index contributed by atoms with van der Waals surface area (Å²) in [6.45, 7) is 6.21. The summed E-state index contributed by atoms with van der Waals surface area (Å²) in [7, 11) is 0. The minimum absolute atomic E-state index is 0.0117. The SMILES string of the molecule is CCCCOC(=O)[C@@](C)(CC)CC(=O)c1ccccc1. The number of Topliss-reactive ketones (excluding diaryl/α,β-unsaturated/α-hetero) is 1. The molecule has 0 aliphatic rings. The third kappa shape index (κ3) is 4.48. The number of ether oxygens (including phenoxy) is 1. The van der Waals surface area contributed by atoms with Crippen LogP contribution < -0.4 is 0 Å². The van der Waals surface area contributed by atoms with Crippen LogP contribution >= 0.6 is 0 Å². The second-order valence-corrected chi connectivity index (χ2v) is 5.37. The van der Waals surface area contributed by atoms with Crippen LogP contribution in [-0.4, -0.2) is 18.4 Å². The molecule has 20 heavy (non-hydrogen) atoms. The van der Waals surface area contributed by atoms with Crippen molar-refractivity contribution < 1.29 is 14.3 Å². The Bertz CT molecular complexity index is 439. The van der Waals surface area contributed by atoms with Gasteiger partial charge in [0, 0.05) is 12.0 Å². The Hall–Kier alpha value is -1.64. The highest BCUT2D eigenvalue weighted by atomic mass is 16.5. The summed E-state index contributed by atoms with van der Waals surface area (Å²) in [4.78, 5) is 24.4. The van der Waals surface area contributed by atoms with E-state index in [0.29, 0.717) is 18.6 Å². The third-order valence-corrected chi connectivity index (χ3v) is 3.65. The van der Waals surface area contributed by atoms with Gasteiger partial charge in [0.15, 0.2) is 5.78 Å². The van der Waals surface area contributed by atoms with Crippen LogP contribution in [0, 0.1) is 5.41 Å². The molecule has 0 saturated heterocycles. The molecule has 0 aliphatic heterocycles. The molecule has 0 fully saturated rings. The van der Waals surface area contributed by atoms with Crippen LogP contribution in [0.5, 0.6) is 0 Å². The Balaban J connectivity index is 2.69. The second kappa shape index (κ2) is 7.83. The molecule has 3 nitrogen and oxygen atoms in total. The maximum Gasteiger partial charge on any atom is 0.312 e. The standard InChI is InChI=1S/C17H24O3/c1-4-6-12-20-16(19)17(3,5-2)13-15(18)14-10-8-7-9-11-14/h7-11H,4-6,12-13H2,1-3H3/t17-/m0/s1. The molecule has 1 aromatic rings. The van der Waals surface area contributed by atoms with E-state index < -0.39 is 5.41 Å². The van der Waals surface area contributed by atoms with E-state index in [-0.39, 0.29) is 18.2 Å². The topological polar surface area (TPSA) is 43.4 Å². The molecule has 3 heteroatoms. The van der Waals surface area contributed by atoms with Gasteiger partial charge in [-0.05, 0) is 19.8 Å². The van der Waals surface area contributed by atoms with Gasteiger partial charge in [0.1, 0.15) is 0 Å². The fraction of sp³-hybridized carbons (Fsp3) is 0.529. The number of benzene rings is 1. The zero-order valence-corrected chi connectivity index (χ0v) is 12.6. The van der Waals surface area contributed by atoms with E-state index in [1.165, 1.54) is 0 Å². The first kappa shape index (κ1) is 16.4. The summed E-state index contributed by atoms with van der Waals surface area (Å²) in [6.07, 6.45) is 2.63. The summed E-state index contributed by atoms with van der Waals surface area (Å²) in [6, 6.07) is 9.09. The summed E-state index contributed by atoms with van der Waals surface area (Å²) < 4.78 is 5.28. The van der Waals surface area contributed by atoms with Crippen molar-refractivity contribution in [3.05, 3.63) is 35.9 Å². The van der Waals surface area contributed by atoms with Gasteiger partial charge in [-0.1, -0.05) is 50.6 Å². The van der Waals surface area contributed by atoms with Crippen molar-refractivity contribution in [2.24, 2.45) is 5.41 Å². The van der Waals surface area contributed by atoms with E-state index >= 15 is 0 Å². The minimum Gasteiger partial charge on any atom is -0.465 e. The zero-order valence-electron chi connectivity index (χ0n) is 12.6. The lowest BCUT2D eigenvalue weighted by Crippen LogP contribution is -2.32. The molecule has 0 saturated carbocycles. The number of esters is 1. The van der Waals surface area contributed by atoms with Gasteiger partial charge in [-0.25, -0.2) is 0 Å². The lowest BCUT2D eigenvalue weighted by atomic mass is 9.81. The Morgan fingerprint density at radius 3 is 2.35 bits per heavy atom. The highest BCUT2D eigenvalue weighted by molar-refractivity contribution is 5.98. The zero-order chi connectivity index (χ0) is 15.0. The fourth-order valence-electron chi connectivity index (χ4n) is 1.91. The molecule has 110 valence electrons. The van der Waals surface area contributed by atoms with Gasteiger partial charge < -0.3 is 4.74 Å². The number of hydrogen-bond donors (Lipinski definition) is 0. The smallest absolute Gasteiger partial charge is 0.312 e. The molecule has 0 spiro atoms. The monoisotopic (exact) mass is 276 g/mol. The Kier molecular flexibility index (Phi) is 6.43. The molecule has 1 aromatic carbocycles. The Morgan fingerprint density at radius 1 is 1.15 bits per heavy atom. The first-order chi connectivity index (χ1) is 9.53. The van der Waals surface area contributed by atoms with Crippen LogP contribution in [0.2, 0.25) is 0 Å². The molecule has 0 bridgehead atoms. The highest BCUT2D eigenvalue weighted by Gasteiger charge is 2.35. The lowest BCUT2D eigenvalue weighted by molar-refractivity contribution is -0.155. The fourth-order valence-corrected chi connectivity index (χ4v) is 1.91. The van der Waals surface area contributed by atoms with Gasteiger partial charge in [-0.2, -0.15) is 0 Å². The molecule has 0 aromatic heterocycles. The molecule has 0 N–H and O–H groups in total. The van der Waals surface area contributed by atoms with Crippen LogP contribution in [0.25, 0.3) is 0 Å². The number of rotatable bonds is 8. The molecular formula is C17H24O3. The van der Waals surface area contributed by atoms with Crippen molar-refractivity contribution in [2.45, 2.75) is 46.5 Å². The van der Waals surface area contributed by atoms with E-state index in [0.717, 1.165) is 12.8 Å². The van der Waals surface area contributed by atoms with E-state index in [2.05, 4.69) is 0 Å². The summed E-state index contributed by atoms with van der Waals surface area (Å²) in [5.41, 5.74) is -0.0887. The van der Waals surface area contributed by atoms with Crippen LogP contribution in [-0.2, 0) is 9.53 Å². The summed E-state index contributed by atoms with van der Waals surface area (Å²) in [5, 5.41) is 0. The van der Waals surface area contributed by atoms with Gasteiger partial charge in [-0.3, -0.25) is 9.59 Å². The van der Waals surface area contributed by atoms with Crippen molar-refractivity contribution in [1.82, 2.24) is 0 Å². The molecule has 0 heterocycles. The van der Waals surface area contributed by atoms with Gasteiger partial charge >= 0.3 is 5.97 Å². The maximum absolute atomic E-state index is 12.2. The minimum atomic E-state index is -0.735. The van der Waals surface area contributed by atoms with Crippen LogP contribution in [0.1, 0.15) is 56.8 Å². The van der Waals surface area contributed by atoms with Crippen molar-refractivity contribution in [1.29, 1.82) is 0 Å². The molecular weight excluding hydrogens is 252 g/mol. The third-order valence-electron chi connectivity index (χ3n) is 3.65. The maximum atomic E-state index is 12.2. The number of hydrogen-bond acceptors (Lipinski definition) is 3. The molecule has 0 radical (unpaired) electrons. The number of carbonyl (C=O) groups excluding carboxylic acids is 2. The van der Waals surface area contributed by atoms with E-state index in [1.807, 2.05) is 39.0 Å². The first-order valence-electron chi connectivity index (χ1n) is 7.29. The Morgan fingerprint density at radius 2 is 1.80 bits per heavy atom. The van der Waals surface area contributed by atoms with Gasteiger partial charge in [0.25, 0.3) is 0 Å². The van der Waals surface area contributed by atoms with Crippen LogP contribution in [0.15, 0.2) is 30.3 Å². The van der Waals surface area contributed by atoms with Crippen molar-refractivity contribution in [3.8, 4) is 0 Å². The van der Waals surface area contributed by atoms with Crippen molar-refractivity contribution in [3.63, 3.8) is 0 Å². The van der Waals surface area contributed by atoms with E-state index in [9.17, 15) is 9.59 Å². The lowest BCUT2D eigenvalue weighted by Gasteiger charge is -2.25. The first-order valence-corrected chi connectivity index (χ1v) is 7.29. The molecule has 0 unspecified atom stereocenters. The van der Waals surface area contributed by atoms with Gasteiger partial charge in [0.05, 0.1) is 12.0 Å². The number of ketones is 1. The second-order valence-electron chi connectivity index (χ2n) is 5.37. The highest BCUT2D eigenvalue weighted by Crippen LogP contribution is 2.29. The molecule has 1 atom stereocenters. The molecule has 0 amide bonds. The predicted octanol–water partition coefficient (Wildman–Crippen LogP) is 4.02. The van der Waals surface area contributed by atoms with Crippen LogP contribution in [0.3, 0.4) is 0 Å². The Labute approximate surface area is 121 Å². The quantitative estimate of drug-likeness (QED) is 0.409. The average Bonchev–Trinajstić information content (AvgIpc) is 2.48. The van der Waals surface area contributed by atoms with E-state index in [1.54, 1.807) is 12.1 Å². The number of unbranched alkanes of at least 4 members (excludes halogenated alkanes) is 1. The van der Waals surface area contributed by atoms with Crippen molar-refractivity contribution >= 4 is 11.8 Å². The average molecular weight is 276 g/mol. The van der Waals surface area contributed by atoms with Gasteiger partial charge in [0.2, 0.25) is 0 Å². The molecule has 1 rings (SSSR count). The molecule has 0 aliphatic carbocycles. The normalized spacial score (nSPS) is 13.6. The predicted molar refractivity (Wildman–Crippen MR) is 79.7 cm³/mol. The van der Waals surface area contributed by atoms with E-state index in [4.69, 9.17) is 4.74 Å². The number of carbonyl (C=O) groups is 2. The summed E-state index contributed by atoms with van der Waals surface area (Å²) in [5.74, 6) is -0.278. The van der Waals surface area contributed by atoms with Crippen molar-refractivity contribution in [2.75, 3.05) is 6.61 Å². The van der Waals surface area contributed by atoms with Gasteiger partial charge in [-0.15, -0.1) is 0 Å². The largest absolute Gasteiger partial charge is 0.465 e. The van der Waals surface area contributed by atoms with Crippen LogP contribution in [0.4, 0.5) is 0 Å². The summed E-state index contributed by atoms with van der Waals surface area (Å²) >= 11 is 0.